The molecule has 3 rings (SSSR count). The third kappa shape index (κ3) is 4.31. The Morgan fingerprint density at radius 2 is 1.86 bits per heavy atom. The molecule has 0 saturated heterocycles. The van der Waals surface area contributed by atoms with Crippen LogP contribution in [-0.4, -0.2) is 26.7 Å². The first-order valence-electron chi connectivity index (χ1n) is 9.18. The van der Waals surface area contributed by atoms with E-state index in [9.17, 15) is 19.3 Å². The van der Waals surface area contributed by atoms with Gasteiger partial charge >= 0.3 is 0 Å². The number of nitro groups is 1. The van der Waals surface area contributed by atoms with E-state index in [1.165, 1.54) is 35.0 Å². The topological polar surface area (TPSA) is 90.1 Å². The van der Waals surface area contributed by atoms with E-state index >= 15 is 0 Å². The molecule has 0 aliphatic rings. The summed E-state index contributed by atoms with van der Waals surface area (Å²) < 4.78 is 15.6. The van der Waals surface area contributed by atoms with Crippen LogP contribution in [0.25, 0.3) is 16.9 Å². The van der Waals surface area contributed by atoms with Crippen molar-refractivity contribution < 1.29 is 14.1 Å². The smallest absolute Gasteiger partial charge is 0.271 e. The van der Waals surface area contributed by atoms with Gasteiger partial charge in [0.2, 0.25) is 0 Å². The Labute approximate surface area is 167 Å². The lowest BCUT2D eigenvalue weighted by molar-refractivity contribution is -0.384. The van der Waals surface area contributed by atoms with Gasteiger partial charge in [-0.15, -0.1) is 0 Å². The van der Waals surface area contributed by atoms with Gasteiger partial charge in [0.1, 0.15) is 11.5 Å². The molecule has 1 heterocycles. The molecular weight excluding hydrogens is 375 g/mol. The lowest BCUT2D eigenvalue weighted by Crippen LogP contribution is -2.37. The van der Waals surface area contributed by atoms with Crippen LogP contribution in [0.3, 0.4) is 0 Å². The van der Waals surface area contributed by atoms with Crippen molar-refractivity contribution in [1.29, 1.82) is 0 Å². The number of nitro benzene ring substituents is 1. The molecule has 0 bridgehead atoms. The molecule has 1 N–H and O–H groups in total. The SMILES string of the molecule is CC(C)[C@@H](C)NC(=O)c1cc(-c2ccccc2F)nn1-c1cccc([N+](=O)[O-])c1. The molecule has 8 heteroatoms. The molecular formula is C21H21FN4O3. The second-order valence-electron chi connectivity index (χ2n) is 7.09. The van der Waals surface area contributed by atoms with Crippen LogP contribution in [0.15, 0.2) is 54.6 Å². The molecule has 29 heavy (non-hydrogen) atoms. The second-order valence-corrected chi connectivity index (χ2v) is 7.09. The fourth-order valence-corrected chi connectivity index (χ4v) is 2.73. The van der Waals surface area contributed by atoms with Crippen LogP contribution in [-0.2, 0) is 0 Å². The Bertz CT molecular complexity index is 1060. The van der Waals surface area contributed by atoms with E-state index in [0.717, 1.165) is 0 Å². The first-order valence-corrected chi connectivity index (χ1v) is 9.18. The van der Waals surface area contributed by atoms with Crippen LogP contribution >= 0.6 is 0 Å². The summed E-state index contributed by atoms with van der Waals surface area (Å²) in [7, 11) is 0. The molecule has 7 nitrogen and oxygen atoms in total. The zero-order valence-corrected chi connectivity index (χ0v) is 16.3. The van der Waals surface area contributed by atoms with Crippen LogP contribution in [0.2, 0.25) is 0 Å². The predicted molar refractivity (Wildman–Crippen MR) is 107 cm³/mol. The number of carbonyl (C=O) groups is 1. The average molecular weight is 396 g/mol. The monoisotopic (exact) mass is 396 g/mol. The molecule has 0 saturated carbocycles. The minimum Gasteiger partial charge on any atom is -0.348 e. The zero-order valence-electron chi connectivity index (χ0n) is 16.3. The van der Waals surface area contributed by atoms with Crippen molar-refractivity contribution in [3.05, 3.63) is 76.2 Å². The van der Waals surface area contributed by atoms with E-state index in [2.05, 4.69) is 10.4 Å². The fraction of sp³-hybridized carbons (Fsp3) is 0.238. The average Bonchev–Trinajstić information content (AvgIpc) is 3.13. The number of carbonyl (C=O) groups excluding carboxylic acids is 1. The summed E-state index contributed by atoms with van der Waals surface area (Å²) in [6.07, 6.45) is 0. The van der Waals surface area contributed by atoms with Gasteiger partial charge in [0.15, 0.2) is 0 Å². The van der Waals surface area contributed by atoms with Gasteiger partial charge in [-0.1, -0.05) is 32.0 Å². The maximum atomic E-state index is 14.3. The molecule has 3 aromatic rings. The number of halogens is 1. The normalized spacial score (nSPS) is 12.0. The maximum absolute atomic E-state index is 14.3. The lowest BCUT2D eigenvalue weighted by Gasteiger charge is -2.17. The summed E-state index contributed by atoms with van der Waals surface area (Å²) in [5.41, 5.74) is 0.868. The zero-order chi connectivity index (χ0) is 21.1. The summed E-state index contributed by atoms with van der Waals surface area (Å²) in [5, 5.41) is 18.4. The number of hydrogen-bond acceptors (Lipinski definition) is 4. The summed E-state index contributed by atoms with van der Waals surface area (Å²) >= 11 is 0. The van der Waals surface area contributed by atoms with Gasteiger partial charge in [-0.25, -0.2) is 9.07 Å². The van der Waals surface area contributed by atoms with Crippen molar-refractivity contribution in [2.75, 3.05) is 0 Å². The Hall–Kier alpha value is -3.55. The number of amides is 1. The molecule has 1 amide bonds. The number of hydrogen-bond donors (Lipinski definition) is 1. The fourth-order valence-electron chi connectivity index (χ4n) is 2.73. The van der Waals surface area contributed by atoms with Gasteiger partial charge in [0.05, 0.1) is 16.3 Å². The van der Waals surface area contributed by atoms with Crippen LogP contribution in [0.1, 0.15) is 31.3 Å². The predicted octanol–water partition coefficient (Wildman–Crippen LogP) is 4.36. The van der Waals surface area contributed by atoms with E-state index in [1.54, 1.807) is 24.3 Å². The highest BCUT2D eigenvalue weighted by molar-refractivity contribution is 5.94. The molecule has 0 radical (unpaired) electrons. The molecule has 0 fully saturated rings. The number of aromatic nitrogens is 2. The minimum atomic E-state index is -0.522. The van der Waals surface area contributed by atoms with Gasteiger partial charge in [0, 0.05) is 23.7 Å². The summed E-state index contributed by atoms with van der Waals surface area (Å²) in [6.45, 7) is 5.84. The molecule has 0 unspecified atom stereocenters. The minimum absolute atomic E-state index is 0.104. The molecule has 1 atom stereocenters. The Kier molecular flexibility index (Phi) is 5.72. The van der Waals surface area contributed by atoms with Crippen LogP contribution < -0.4 is 5.32 Å². The Balaban J connectivity index is 2.13. The van der Waals surface area contributed by atoms with Gasteiger partial charge in [0.25, 0.3) is 11.6 Å². The summed E-state index contributed by atoms with van der Waals surface area (Å²) in [4.78, 5) is 23.5. The quantitative estimate of drug-likeness (QED) is 0.495. The Morgan fingerprint density at radius 3 is 2.52 bits per heavy atom. The molecule has 2 aromatic carbocycles. The Morgan fingerprint density at radius 1 is 1.14 bits per heavy atom. The number of benzene rings is 2. The van der Waals surface area contributed by atoms with Gasteiger partial charge < -0.3 is 5.32 Å². The van der Waals surface area contributed by atoms with Crippen molar-refractivity contribution >= 4 is 11.6 Å². The van der Waals surface area contributed by atoms with E-state index < -0.39 is 16.6 Å². The molecule has 0 aliphatic heterocycles. The van der Waals surface area contributed by atoms with Crippen molar-refractivity contribution in [3.63, 3.8) is 0 Å². The molecule has 1 aromatic heterocycles. The third-order valence-electron chi connectivity index (χ3n) is 4.74. The van der Waals surface area contributed by atoms with Crippen LogP contribution in [0.4, 0.5) is 10.1 Å². The molecule has 0 spiro atoms. The molecule has 0 aliphatic carbocycles. The first kappa shape index (κ1) is 20.2. The highest BCUT2D eigenvalue weighted by Gasteiger charge is 2.22. The number of rotatable bonds is 6. The summed E-state index contributed by atoms with van der Waals surface area (Å²) in [5.74, 6) is -0.661. The van der Waals surface area contributed by atoms with Gasteiger partial charge in [-0.2, -0.15) is 5.10 Å². The van der Waals surface area contributed by atoms with Crippen molar-refractivity contribution in [1.82, 2.24) is 15.1 Å². The maximum Gasteiger partial charge on any atom is 0.271 e. The van der Waals surface area contributed by atoms with Crippen LogP contribution in [0, 0.1) is 21.8 Å². The van der Waals surface area contributed by atoms with E-state index in [4.69, 9.17) is 0 Å². The van der Waals surface area contributed by atoms with Crippen LogP contribution in [0.5, 0.6) is 0 Å². The van der Waals surface area contributed by atoms with Crippen molar-refractivity contribution in [2.45, 2.75) is 26.8 Å². The van der Waals surface area contributed by atoms with Gasteiger partial charge in [-0.3, -0.25) is 14.9 Å². The van der Waals surface area contributed by atoms with E-state index in [-0.39, 0.29) is 34.6 Å². The first-order chi connectivity index (χ1) is 13.8. The van der Waals surface area contributed by atoms with E-state index in [0.29, 0.717) is 5.69 Å². The lowest BCUT2D eigenvalue weighted by atomic mass is 10.1. The van der Waals surface area contributed by atoms with Gasteiger partial charge in [-0.05, 0) is 37.1 Å². The molecule has 150 valence electrons. The number of nitrogens with one attached hydrogen (secondary N) is 1. The number of nitrogens with zero attached hydrogens (tertiary/aromatic N) is 3. The van der Waals surface area contributed by atoms with Crippen molar-refractivity contribution in [2.24, 2.45) is 5.92 Å². The summed E-state index contributed by atoms with van der Waals surface area (Å²) in [6, 6.07) is 13.3. The standard InChI is InChI=1S/C21H21FN4O3/c1-13(2)14(3)23-21(27)20-12-19(17-9-4-5-10-18(17)22)24-25(20)15-7-6-8-16(11-15)26(28)29/h4-14H,1-3H3,(H,23,27)/t14-/m1/s1. The van der Waals surface area contributed by atoms with E-state index in [1.807, 2.05) is 20.8 Å². The number of non-ortho nitro benzene ring substituents is 1. The highest BCUT2D eigenvalue weighted by Crippen LogP contribution is 2.25. The second kappa shape index (κ2) is 8.22. The van der Waals surface area contributed by atoms with Crippen molar-refractivity contribution in [3.8, 4) is 16.9 Å². The third-order valence-corrected chi connectivity index (χ3v) is 4.74. The highest BCUT2D eigenvalue weighted by atomic mass is 19.1. The largest absolute Gasteiger partial charge is 0.348 e.